The van der Waals surface area contributed by atoms with Crippen LogP contribution in [0.2, 0.25) is 0 Å². The molecule has 2 fully saturated rings. The molecule has 0 spiro atoms. The fourth-order valence-corrected chi connectivity index (χ4v) is 3.34. The summed E-state index contributed by atoms with van der Waals surface area (Å²) in [6.45, 7) is 8.74. The Labute approximate surface area is 159 Å². The van der Waals surface area contributed by atoms with Crippen LogP contribution in [0.1, 0.15) is 5.56 Å². The summed E-state index contributed by atoms with van der Waals surface area (Å²) in [6.07, 6.45) is 1.75. The second-order valence-electron chi connectivity index (χ2n) is 7.07. The molecule has 0 aliphatic carbocycles. The molecule has 144 valence electrons. The van der Waals surface area contributed by atoms with Gasteiger partial charge in [0.15, 0.2) is 5.82 Å². The maximum Gasteiger partial charge on any atom is 0.230 e. The Bertz CT molecular complexity index is 800. The lowest BCUT2D eigenvalue weighted by molar-refractivity contribution is 0.122. The van der Waals surface area contributed by atoms with Crippen LogP contribution in [0.5, 0.6) is 0 Å². The number of aryl methyl sites for hydroxylation is 1. The van der Waals surface area contributed by atoms with E-state index in [0.29, 0.717) is 30.8 Å². The zero-order valence-corrected chi connectivity index (χ0v) is 15.9. The maximum absolute atomic E-state index is 5.81. The van der Waals surface area contributed by atoms with Crippen LogP contribution in [0.15, 0.2) is 12.3 Å². The van der Waals surface area contributed by atoms with Crippen LogP contribution in [-0.2, 0) is 4.74 Å². The molecule has 4 rings (SSSR count). The molecule has 2 aliphatic rings. The number of anilines is 3. The molecule has 0 amide bonds. The molecule has 0 bridgehead atoms. The Hall–Kier alpha value is -2.52. The highest BCUT2D eigenvalue weighted by atomic mass is 16.5. The van der Waals surface area contributed by atoms with Gasteiger partial charge in [0, 0.05) is 51.0 Å². The maximum atomic E-state index is 5.81. The Morgan fingerprint density at radius 2 is 1.56 bits per heavy atom. The van der Waals surface area contributed by atoms with Gasteiger partial charge in [-0.25, -0.2) is 4.98 Å². The van der Waals surface area contributed by atoms with Crippen LogP contribution in [0.25, 0.3) is 11.4 Å². The second kappa shape index (κ2) is 7.61. The van der Waals surface area contributed by atoms with Gasteiger partial charge in [-0.3, -0.25) is 0 Å². The molecular weight excluding hydrogens is 344 g/mol. The summed E-state index contributed by atoms with van der Waals surface area (Å²) in [5.74, 6) is 2.57. The van der Waals surface area contributed by atoms with E-state index in [1.807, 2.05) is 13.0 Å². The molecule has 0 unspecified atom stereocenters. The highest BCUT2D eigenvalue weighted by molar-refractivity contribution is 5.63. The fourth-order valence-electron chi connectivity index (χ4n) is 3.34. The normalized spacial score (nSPS) is 18.7. The van der Waals surface area contributed by atoms with Gasteiger partial charge in [-0.05, 0) is 25.6 Å². The van der Waals surface area contributed by atoms with E-state index in [1.165, 1.54) is 0 Å². The van der Waals surface area contributed by atoms with Crippen LogP contribution in [-0.4, -0.2) is 84.4 Å². The number of morpholine rings is 1. The van der Waals surface area contributed by atoms with Gasteiger partial charge in [0.1, 0.15) is 5.82 Å². The number of rotatable bonds is 3. The van der Waals surface area contributed by atoms with Crippen molar-refractivity contribution in [1.29, 1.82) is 0 Å². The molecule has 0 aromatic carbocycles. The summed E-state index contributed by atoms with van der Waals surface area (Å²) >= 11 is 0. The summed E-state index contributed by atoms with van der Waals surface area (Å²) in [5.41, 5.74) is 7.70. The lowest BCUT2D eigenvalue weighted by Gasteiger charge is -2.33. The fraction of sp³-hybridized carbons (Fsp3) is 0.556. The van der Waals surface area contributed by atoms with Gasteiger partial charge in [-0.15, -0.1) is 0 Å². The zero-order valence-electron chi connectivity index (χ0n) is 15.9. The van der Waals surface area contributed by atoms with Gasteiger partial charge in [0.25, 0.3) is 0 Å². The van der Waals surface area contributed by atoms with Crippen molar-refractivity contribution < 1.29 is 4.74 Å². The molecule has 9 heteroatoms. The standard InChI is InChI=1S/C18H26N8O/c1-13-11-15(19)20-12-14(13)16-21-17(25-5-3-24(2)4-6-25)23-18(22-16)26-7-9-27-10-8-26/h11-12H,3-10H2,1-2H3,(H2,19,20). The monoisotopic (exact) mass is 370 g/mol. The van der Waals surface area contributed by atoms with E-state index in [4.69, 9.17) is 25.4 Å². The number of aromatic nitrogens is 4. The largest absolute Gasteiger partial charge is 0.384 e. The Morgan fingerprint density at radius 1 is 0.926 bits per heavy atom. The van der Waals surface area contributed by atoms with Crippen molar-refractivity contribution in [3.63, 3.8) is 0 Å². The van der Waals surface area contributed by atoms with E-state index < -0.39 is 0 Å². The first-order valence-corrected chi connectivity index (χ1v) is 9.35. The molecule has 2 aromatic rings. The number of nitrogens with two attached hydrogens (primary N) is 1. The first-order chi connectivity index (χ1) is 13.1. The topological polar surface area (TPSA) is 96.5 Å². The Kier molecular flexibility index (Phi) is 5.04. The number of nitrogen functional groups attached to an aromatic ring is 1. The van der Waals surface area contributed by atoms with Gasteiger partial charge in [0.2, 0.25) is 11.9 Å². The van der Waals surface area contributed by atoms with E-state index in [1.54, 1.807) is 6.20 Å². The van der Waals surface area contributed by atoms with Gasteiger partial charge in [-0.2, -0.15) is 15.0 Å². The molecule has 2 saturated heterocycles. The first kappa shape index (κ1) is 17.9. The second-order valence-corrected chi connectivity index (χ2v) is 7.07. The number of nitrogens with zero attached hydrogens (tertiary/aromatic N) is 7. The molecular formula is C18H26N8O. The molecule has 2 N–H and O–H groups in total. The zero-order chi connectivity index (χ0) is 18.8. The van der Waals surface area contributed by atoms with Crippen molar-refractivity contribution in [2.45, 2.75) is 6.92 Å². The predicted octanol–water partition coefficient (Wildman–Crippen LogP) is 0.413. The lowest BCUT2D eigenvalue weighted by atomic mass is 10.1. The van der Waals surface area contributed by atoms with Crippen LogP contribution in [0.4, 0.5) is 17.7 Å². The molecule has 2 aromatic heterocycles. The molecule has 4 heterocycles. The quantitative estimate of drug-likeness (QED) is 0.824. The molecule has 0 radical (unpaired) electrons. The highest BCUT2D eigenvalue weighted by Crippen LogP contribution is 2.25. The molecule has 2 aliphatic heterocycles. The Balaban J connectivity index is 1.74. The number of hydrogen-bond donors (Lipinski definition) is 1. The molecule has 9 nitrogen and oxygen atoms in total. The highest BCUT2D eigenvalue weighted by Gasteiger charge is 2.22. The minimum atomic E-state index is 0.498. The third-order valence-electron chi connectivity index (χ3n) is 5.06. The van der Waals surface area contributed by atoms with E-state index in [-0.39, 0.29) is 0 Å². The van der Waals surface area contributed by atoms with Crippen molar-refractivity contribution in [1.82, 2.24) is 24.8 Å². The average Bonchev–Trinajstić information content (AvgIpc) is 2.69. The SMILES string of the molecule is Cc1cc(N)ncc1-c1nc(N2CCOCC2)nc(N2CCN(C)CC2)n1. The number of hydrogen-bond acceptors (Lipinski definition) is 9. The molecule has 0 atom stereocenters. The van der Waals surface area contributed by atoms with Crippen molar-refractivity contribution in [3.8, 4) is 11.4 Å². The van der Waals surface area contributed by atoms with Gasteiger partial charge in [-0.1, -0.05) is 0 Å². The minimum absolute atomic E-state index is 0.498. The van der Waals surface area contributed by atoms with E-state index in [9.17, 15) is 0 Å². The minimum Gasteiger partial charge on any atom is -0.384 e. The number of pyridine rings is 1. The average molecular weight is 370 g/mol. The summed E-state index contributed by atoms with van der Waals surface area (Å²) in [4.78, 5) is 25.3. The number of ether oxygens (including phenoxy) is 1. The van der Waals surface area contributed by atoms with Crippen LogP contribution in [0, 0.1) is 6.92 Å². The van der Waals surface area contributed by atoms with Crippen molar-refractivity contribution in [2.24, 2.45) is 0 Å². The molecule has 27 heavy (non-hydrogen) atoms. The van der Waals surface area contributed by atoms with Crippen LogP contribution >= 0.6 is 0 Å². The Morgan fingerprint density at radius 3 is 2.19 bits per heavy atom. The predicted molar refractivity (Wildman–Crippen MR) is 105 cm³/mol. The smallest absolute Gasteiger partial charge is 0.230 e. The third kappa shape index (κ3) is 3.93. The lowest BCUT2D eigenvalue weighted by Crippen LogP contribution is -2.45. The number of piperazine rings is 1. The van der Waals surface area contributed by atoms with E-state index in [0.717, 1.165) is 56.3 Å². The van der Waals surface area contributed by atoms with Gasteiger partial charge in [0.05, 0.1) is 13.2 Å². The summed E-state index contributed by atoms with van der Waals surface area (Å²) in [7, 11) is 2.14. The first-order valence-electron chi connectivity index (χ1n) is 9.35. The summed E-state index contributed by atoms with van der Waals surface area (Å²) < 4.78 is 5.47. The van der Waals surface area contributed by atoms with Gasteiger partial charge >= 0.3 is 0 Å². The van der Waals surface area contributed by atoms with Crippen molar-refractivity contribution in [2.75, 3.05) is 75.1 Å². The van der Waals surface area contributed by atoms with E-state index in [2.05, 4.69) is 26.7 Å². The van der Waals surface area contributed by atoms with E-state index >= 15 is 0 Å². The van der Waals surface area contributed by atoms with Crippen molar-refractivity contribution >= 4 is 17.7 Å². The summed E-state index contributed by atoms with van der Waals surface area (Å²) in [5, 5.41) is 0. The van der Waals surface area contributed by atoms with Gasteiger partial charge < -0.3 is 25.2 Å². The molecule has 0 saturated carbocycles. The third-order valence-corrected chi connectivity index (χ3v) is 5.06. The number of likely N-dealkylation sites (N-methyl/N-ethyl adjacent to an activating group) is 1. The van der Waals surface area contributed by atoms with Crippen LogP contribution < -0.4 is 15.5 Å². The van der Waals surface area contributed by atoms with Crippen molar-refractivity contribution in [3.05, 3.63) is 17.8 Å². The summed E-state index contributed by atoms with van der Waals surface area (Å²) in [6, 6.07) is 1.85. The van der Waals surface area contributed by atoms with Crippen LogP contribution in [0.3, 0.4) is 0 Å².